The molecule has 0 N–H and O–H groups in total. The molecule has 0 aliphatic carbocycles. The molecule has 0 amide bonds. The summed E-state index contributed by atoms with van der Waals surface area (Å²) >= 11 is 0. The van der Waals surface area contributed by atoms with Crippen molar-refractivity contribution in [2.75, 3.05) is 0 Å². The highest BCUT2D eigenvalue weighted by molar-refractivity contribution is 5.35. The summed E-state index contributed by atoms with van der Waals surface area (Å²) in [5.41, 5.74) is 2.65. The summed E-state index contributed by atoms with van der Waals surface area (Å²) in [6.45, 7) is 2.17. The second-order valence-corrected chi connectivity index (χ2v) is 5.02. The van der Waals surface area contributed by atoms with E-state index in [2.05, 4.69) is 19.1 Å². The van der Waals surface area contributed by atoms with Crippen molar-refractivity contribution in [2.45, 2.75) is 32.1 Å². The number of rotatable bonds is 6. The first-order valence-corrected chi connectivity index (χ1v) is 6.99. The Kier molecular flexibility index (Phi) is 4.88. The average Bonchev–Trinajstić information content (AvgIpc) is 2.48. The average molecular weight is 269 g/mol. The van der Waals surface area contributed by atoms with E-state index in [1.54, 1.807) is 12.1 Å². The maximum absolute atomic E-state index is 10.7. The van der Waals surface area contributed by atoms with Gasteiger partial charge >= 0.3 is 0 Å². The third kappa shape index (κ3) is 3.67. The highest BCUT2D eigenvalue weighted by atomic mass is 16.6. The second-order valence-electron chi connectivity index (χ2n) is 5.02. The molecular formula is C17H19NO2. The lowest BCUT2D eigenvalue weighted by Gasteiger charge is -2.16. The van der Waals surface area contributed by atoms with Gasteiger partial charge in [-0.25, -0.2) is 0 Å². The molecule has 0 aliphatic rings. The second kappa shape index (κ2) is 6.85. The van der Waals surface area contributed by atoms with Gasteiger partial charge in [0.2, 0.25) is 0 Å². The Morgan fingerprint density at radius 3 is 2.25 bits per heavy atom. The van der Waals surface area contributed by atoms with Crippen LogP contribution in [0.3, 0.4) is 0 Å². The van der Waals surface area contributed by atoms with Gasteiger partial charge in [0.1, 0.15) is 0 Å². The van der Waals surface area contributed by atoms with Gasteiger partial charge in [0.05, 0.1) is 4.92 Å². The van der Waals surface area contributed by atoms with Gasteiger partial charge in [-0.2, -0.15) is 0 Å². The molecule has 0 fully saturated rings. The van der Waals surface area contributed by atoms with Gasteiger partial charge in [0.25, 0.3) is 5.69 Å². The van der Waals surface area contributed by atoms with E-state index < -0.39 is 0 Å². The van der Waals surface area contributed by atoms with Gasteiger partial charge in [-0.3, -0.25) is 10.1 Å². The van der Waals surface area contributed by atoms with E-state index in [1.807, 2.05) is 30.3 Å². The summed E-state index contributed by atoms with van der Waals surface area (Å²) < 4.78 is 0. The van der Waals surface area contributed by atoms with Crippen LogP contribution in [0.25, 0.3) is 0 Å². The van der Waals surface area contributed by atoms with Crippen molar-refractivity contribution < 1.29 is 4.92 Å². The minimum Gasteiger partial charge on any atom is -0.258 e. The molecule has 2 aromatic carbocycles. The minimum atomic E-state index is -0.351. The van der Waals surface area contributed by atoms with Crippen LogP contribution < -0.4 is 0 Å². The van der Waals surface area contributed by atoms with Crippen LogP contribution in [0.15, 0.2) is 54.6 Å². The fraction of sp³-hybridized carbons (Fsp3) is 0.294. The van der Waals surface area contributed by atoms with Crippen molar-refractivity contribution in [1.29, 1.82) is 0 Å². The van der Waals surface area contributed by atoms with Crippen LogP contribution in [-0.2, 0) is 6.42 Å². The van der Waals surface area contributed by atoms with Crippen molar-refractivity contribution in [1.82, 2.24) is 0 Å². The maximum atomic E-state index is 10.7. The zero-order valence-electron chi connectivity index (χ0n) is 11.7. The van der Waals surface area contributed by atoms with Crippen LogP contribution in [0.5, 0.6) is 0 Å². The third-order valence-electron chi connectivity index (χ3n) is 3.54. The van der Waals surface area contributed by atoms with Crippen LogP contribution in [0, 0.1) is 10.1 Å². The lowest BCUT2D eigenvalue weighted by molar-refractivity contribution is -0.384. The molecule has 1 atom stereocenters. The Bertz CT molecular complexity index is 549. The van der Waals surface area contributed by atoms with Crippen LogP contribution in [0.1, 0.15) is 36.8 Å². The van der Waals surface area contributed by atoms with Gasteiger partial charge < -0.3 is 0 Å². The lowest BCUT2D eigenvalue weighted by atomic mass is 9.88. The molecule has 0 heterocycles. The minimum absolute atomic E-state index is 0.156. The van der Waals surface area contributed by atoms with Crippen LogP contribution in [0.2, 0.25) is 0 Å². The number of non-ortho nitro benzene ring substituents is 1. The zero-order valence-corrected chi connectivity index (χ0v) is 11.7. The molecule has 3 heteroatoms. The van der Waals surface area contributed by atoms with E-state index >= 15 is 0 Å². The fourth-order valence-corrected chi connectivity index (χ4v) is 2.50. The molecule has 1 unspecified atom stereocenters. The maximum Gasteiger partial charge on any atom is 0.269 e. The van der Waals surface area contributed by atoms with Crippen molar-refractivity contribution in [3.8, 4) is 0 Å². The molecule has 0 saturated carbocycles. The van der Waals surface area contributed by atoms with Crippen LogP contribution in [-0.4, -0.2) is 4.92 Å². The Hall–Kier alpha value is -2.16. The fourth-order valence-electron chi connectivity index (χ4n) is 2.50. The van der Waals surface area contributed by atoms with Gasteiger partial charge in [-0.1, -0.05) is 55.8 Å². The molecule has 104 valence electrons. The van der Waals surface area contributed by atoms with Crippen molar-refractivity contribution in [2.24, 2.45) is 0 Å². The number of benzene rings is 2. The monoisotopic (exact) mass is 269 g/mol. The Balaban J connectivity index is 2.17. The van der Waals surface area contributed by atoms with E-state index in [-0.39, 0.29) is 10.6 Å². The molecule has 0 aromatic heterocycles. The van der Waals surface area contributed by atoms with E-state index in [0.29, 0.717) is 5.92 Å². The molecule has 2 aromatic rings. The lowest BCUT2D eigenvalue weighted by Crippen LogP contribution is -2.03. The third-order valence-corrected chi connectivity index (χ3v) is 3.54. The predicted molar refractivity (Wildman–Crippen MR) is 80.9 cm³/mol. The number of hydrogen-bond acceptors (Lipinski definition) is 2. The Morgan fingerprint density at radius 2 is 1.70 bits per heavy atom. The van der Waals surface area contributed by atoms with Crippen LogP contribution in [0.4, 0.5) is 5.69 Å². The van der Waals surface area contributed by atoms with E-state index in [1.165, 1.54) is 11.1 Å². The summed E-state index contributed by atoms with van der Waals surface area (Å²) in [5, 5.41) is 10.7. The Labute approximate surface area is 119 Å². The quantitative estimate of drug-likeness (QED) is 0.562. The molecule has 20 heavy (non-hydrogen) atoms. The summed E-state index contributed by atoms with van der Waals surface area (Å²) in [4.78, 5) is 10.4. The first-order chi connectivity index (χ1) is 9.70. The normalized spacial score (nSPS) is 12.1. The summed E-state index contributed by atoms with van der Waals surface area (Å²) in [6.07, 6.45) is 3.17. The summed E-state index contributed by atoms with van der Waals surface area (Å²) in [5.74, 6) is 0.420. The Morgan fingerprint density at radius 1 is 1.05 bits per heavy atom. The first kappa shape index (κ1) is 14.3. The smallest absolute Gasteiger partial charge is 0.258 e. The SMILES string of the molecule is CCCC(Cc1ccccc1)c1ccc([N+](=O)[O-])cc1. The number of nitro benzene ring substituents is 1. The molecule has 0 bridgehead atoms. The van der Waals surface area contributed by atoms with Gasteiger partial charge in [-0.15, -0.1) is 0 Å². The number of nitrogens with zero attached hydrogens (tertiary/aromatic N) is 1. The molecular weight excluding hydrogens is 250 g/mol. The number of hydrogen-bond donors (Lipinski definition) is 0. The summed E-state index contributed by atoms with van der Waals surface area (Å²) in [6, 6.07) is 17.4. The highest BCUT2D eigenvalue weighted by Crippen LogP contribution is 2.27. The van der Waals surface area contributed by atoms with E-state index in [0.717, 1.165) is 19.3 Å². The topological polar surface area (TPSA) is 43.1 Å². The number of nitro groups is 1. The molecule has 3 nitrogen and oxygen atoms in total. The highest BCUT2D eigenvalue weighted by Gasteiger charge is 2.13. The van der Waals surface area contributed by atoms with Crippen molar-refractivity contribution in [3.05, 3.63) is 75.8 Å². The van der Waals surface area contributed by atoms with E-state index in [9.17, 15) is 10.1 Å². The molecule has 0 aliphatic heterocycles. The van der Waals surface area contributed by atoms with Crippen molar-refractivity contribution >= 4 is 5.69 Å². The van der Waals surface area contributed by atoms with Gasteiger partial charge in [0.15, 0.2) is 0 Å². The molecule has 0 radical (unpaired) electrons. The largest absolute Gasteiger partial charge is 0.269 e. The standard InChI is InChI=1S/C17H19NO2/c1-2-6-16(13-14-7-4-3-5-8-14)15-9-11-17(12-10-15)18(19)20/h3-5,7-12,16H,2,6,13H2,1H3. The van der Waals surface area contributed by atoms with Crippen LogP contribution >= 0.6 is 0 Å². The van der Waals surface area contributed by atoms with Gasteiger partial charge in [-0.05, 0) is 29.9 Å². The molecule has 0 saturated heterocycles. The zero-order chi connectivity index (χ0) is 14.4. The first-order valence-electron chi connectivity index (χ1n) is 6.99. The van der Waals surface area contributed by atoms with E-state index in [4.69, 9.17) is 0 Å². The van der Waals surface area contributed by atoms with Gasteiger partial charge in [0, 0.05) is 12.1 Å². The summed E-state index contributed by atoms with van der Waals surface area (Å²) in [7, 11) is 0. The molecule has 0 spiro atoms. The molecule has 2 rings (SSSR count). The predicted octanol–water partition coefficient (Wildman–Crippen LogP) is 4.72. The van der Waals surface area contributed by atoms with Crippen molar-refractivity contribution in [3.63, 3.8) is 0 Å².